The molecule has 84 valence electrons. The molecular formula is C12H18ClNO. The Bertz CT molecular complexity index is 286. The Morgan fingerprint density at radius 2 is 1.87 bits per heavy atom. The molecule has 3 heteroatoms. The predicted molar refractivity (Wildman–Crippen MR) is 64.3 cm³/mol. The fourth-order valence-corrected chi connectivity index (χ4v) is 1.42. The number of hydrogen-bond donors (Lipinski definition) is 1. The second-order valence-electron chi connectivity index (χ2n) is 3.73. The van der Waals surface area contributed by atoms with Gasteiger partial charge in [0.05, 0.1) is 6.10 Å². The largest absolute Gasteiger partial charge is 0.380 e. The zero-order valence-corrected chi connectivity index (χ0v) is 10.2. The lowest BCUT2D eigenvalue weighted by atomic mass is 10.1. The maximum atomic E-state index is 5.83. The van der Waals surface area contributed by atoms with Gasteiger partial charge in [-0.3, -0.25) is 0 Å². The van der Waals surface area contributed by atoms with Crippen molar-refractivity contribution >= 4 is 11.6 Å². The Labute approximate surface area is 96.6 Å². The van der Waals surface area contributed by atoms with Gasteiger partial charge in [-0.2, -0.15) is 0 Å². The van der Waals surface area contributed by atoms with Crippen molar-refractivity contribution in [3.63, 3.8) is 0 Å². The van der Waals surface area contributed by atoms with Gasteiger partial charge in [0, 0.05) is 24.7 Å². The summed E-state index contributed by atoms with van der Waals surface area (Å²) in [5.41, 5.74) is 1.24. The minimum atomic E-state index is 0.236. The molecule has 0 amide bonds. The van der Waals surface area contributed by atoms with Crippen LogP contribution < -0.4 is 5.32 Å². The summed E-state index contributed by atoms with van der Waals surface area (Å²) >= 11 is 5.83. The molecule has 2 nitrogen and oxygen atoms in total. The Morgan fingerprint density at radius 3 is 2.40 bits per heavy atom. The zero-order chi connectivity index (χ0) is 11.3. The lowest BCUT2D eigenvalue weighted by molar-refractivity contribution is 0.115. The first-order valence-corrected chi connectivity index (χ1v) is 5.53. The molecule has 0 aliphatic carbocycles. The molecule has 0 aromatic heterocycles. The van der Waals surface area contributed by atoms with Gasteiger partial charge in [0.15, 0.2) is 0 Å². The van der Waals surface area contributed by atoms with Crippen molar-refractivity contribution in [2.24, 2.45) is 0 Å². The molecule has 0 bridgehead atoms. The number of benzene rings is 1. The van der Waals surface area contributed by atoms with Crippen LogP contribution in [0.5, 0.6) is 0 Å². The molecule has 0 aliphatic heterocycles. The van der Waals surface area contributed by atoms with Gasteiger partial charge in [-0.05, 0) is 31.5 Å². The summed E-state index contributed by atoms with van der Waals surface area (Å²) in [5, 5.41) is 4.18. The summed E-state index contributed by atoms with van der Waals surface area (Å²) < 4.78 is 5.17. The molecule has 1 aromatic rings. The number of halogens is 1. The molecule has 15 heavy (non-hydrogen) atoms. The van der Waals surface area contributed by atoms with Crippen molar-refractivity contribution in [3.05, 3.63) is 34.9 Å². The van der Waals surface area contributed by atoms with Crippen molar-refractivity contribution in [1.29, 1.82) is 0 Å². The van der Waals surface area contributed by atoms with Crippen LogP contribution in [0.3, 0.4) is 0 Å². The monoisotopic (exact) mass is 227 g/mol. The third kappa shape index (κ3) is 4.20. The molecule has 2 atom stereocenters. The third-order valence-corrected chi connectivity index (χ3v) is 2.74. The number of rotatable bonds is 5. The second-order valence-corrected chi connectivity index (χ2v) is 4.16. The van der Waals surface area contributed by atoms with E-state index in [1.807, 2.05) is 31.2 Å². The van der Waals surface area contributed by atoms with Gasteiger partial charge in [0.2, 0.25) is 0 Å². The van der Waals surface area contributed by atoms with Gasteiger partial charge >= 0.3 is 0 Å². The van der Waals surface area contributed by atoms with Crippen LogP contribution in [0.25, 0.3) is 0 Å². The quantitative estimate of drug-likeness (QED) is 0.835. The molecule has 0 heterocycles. The molecule has 1 unspecified atom stereocenters. The molecule has 0 spiro atoms. The second kappa shape index (κ2) is 6.11. The van der Waals surface area contributed by atoms with Crippen LogP contribution >= 0.6 is 11.6 Å². The molecule has 0 fully saturated rings. The average molecular weight is 228 g/mol. The fraction of sp³-hybridized carbons (Fsp3) is 0.500. The van der Waals surface area contributed by atoms with Crippen molar-refractivity contribution in [1.82, 2.24) is 5.32 Å². The lowest BCUT2D eigenvalue weighted by Gasteiger charge is -2.17. The average Bonchev–Trinajstić information content (AvgIpc) is 2.26. The fourth-order valence-electron chi connectivity index (χ4n) is 1.30. The van der Waals surface area contributed by atoms with E-state index >= 15 is 0 Å². The van der Waals surface area contributed by atoms with Crippen LogP contribution in [0.1, 0.15) is 25.5 Å². The van der Waals surface area contributed by atoms with E-state index in [4.69, 9.17) is 16.3 Å². The van der Waals surface area contributed by atoms with Gasteiger partial charge in [0.1, 0.15) is 0 Å². The standard InChI is InChI=1S/C12H18ClNO/c1-9(15-3)8-14-10(2)11-4-6-12(13)7-5-11/h4-7,9-10,14H,8H2,1-3H3/t9?,10-/m0/s1. The first-order valence-electron chi connectivity index (χ1n) is 5.15. The van der Waals surface area contributed by atoms with E-state index in [9.17, 15) is 0 Å². The summed E-state index contributed by atoms with van der Waals surface area (Å²) in [6, 6.07) is 8.22. The Kier molecular flexibility index (Phi) is 5.09. The van der Waals surface area contributed by atoms with E-state index in [0.717, 1.165) is 11.6 Å². The number of nitrogens with one attached hydrogen (secondary N) is 1. The van der Waals surface area contributed by atoms with E-state index in [-0.39, 0.29) is 6.10 Å². The van der Waals surface area contributed by atoms with E-state index in [1.165, 1.54) is 5.56 Å². The van der Waals surface area contributed by atoms with Crippen molar-refractivity contribution in [3.8, 4) is 0 Å². The summed E-state index contributed by atoms with van der Waals surface area (Å²) in [5.74, 6) is 0. The first-order chi connectivity index (χ1) is 7.13. The molecule has 0 aliphatic rings. The van der Waals surface area contributed by atoms with Crippen LogP contribution in [0, 0.1) is 0 Å². The smallest absolute Gasteiger partial charge is 0.0667 e. The third-order valence-electron chi connectivity index (χ3n) is 2.48. The highest BCUT2D eigenvalue weighted by atomic mass is 35.5. The topological polar surface area (TPSA) is 21.3 Å². The van der Waals surface area contributed by atoms with E-state index in [2.05, 4.69) is 12.2 Å². The van der Waals surface area contributed by atoms with Crippen LogP contribution in [0.15, 0.2) is 24.3 Å². The normalized spacial score (nSPS) is 14.9. The van der Waals surface area contributed by atoms with Crippen molar-refractivity contribution in [2.75, 3.05) is 13.7 Å². The molecule has 0 saturated carbocycles. The summed E-state index contributed by atoms with van der Waals surface area (Å²) in [6.07, 6.45) is 0.236. The van der Waals surface area contributed by atoms with Gasteiger partial charge in [-0.1, -0.05) is 23.7 Å². The summed E-state index contributed by atoms with van der Waals surface area (Å²) in [7, 11) is 1.72. The number of hydrogen-bond acceptors (Lipinski definition) is 2. The van der Waals surface area contributed by atoms with E-state index in [0.29, 0.717) is 6.04 Å². The maximum Gasteiger partial charge on any atom is 0.0667 e. The minimum Gasteiger partial charge on any atom is -0.380 e. The SMILES string of the molecule is COC(C)CN[C@@H](C)c1ccc(Cl)cc1. The molecule has 1 N–H and O–H groups in total. The first kappa shape index (κ1) is 12.5. The molecule has 0 radical (unpaired) electrons. The molecule has 1 aromatic carbocycles. The van der Waals surface area contributed by atoms with E-state index in [1.54, 1.807) is 7.11 Å². The Morgan fingerprint density at radius 1 is 1.27 bits per heavy atom. The van der Waals surface area contributed by atoms with Crippen molar-refractivity contribution < 1.29 is 4.74 Å². The highest BCUT2D eigenvalue weighted by Crippen LogP contribution is 2.15. The highest BCUT2D eigenvalue weighted by molar-refractivity contribution is 6.30. The van der Waals surface area contributed by atoms with Gasteiger partial charge in [-0.15, -0.1) is 0 Å². The van der Waals surface area contributed by atoms with Crippen molar-refractivity contribution in [2.45, 2.75) is 26.0 Å². The summed E-state index contributed by atoms with van der Waals surface area (Å²) in [4.78, 5) is 0. The highest BCUT2D eigenvalue weighted by Gasteiger charge is 2.06. The number of ether oxygens (including phenoxy) is 1. The van der Waals surface area contributed by atoms with Crippen LogP contribution in [0.2, 0.25) is 5.02 Å². The summed E-state index contributed by atoms with van der Waals surface area (Å²) in [6.45, 7) is 5.02. The maximum absolute atomic E-state index is 5.83. The van der Waals surface area contributed by atoms with Gasteiger partial charge < -0.3 is 10.1 Å². The molecule has 1 rings (SSSR count). The molecular weight excluding hydrogens is 210 g/mol. The zero-order valence-electron chi connectivity index (χ0n) is 9.46. The lowest BCUT2D eigenvalue weighted by Crippen LogP contribution is -2.28. The van der Waals surface area contributed by atoms with Crippen LogP contribution in [-0.4, -0.2) is 19.8 Å². The predicted octanol–water partition coefficient (Wildman–Crippen LogP) is 3.03. The Balaban J connectivity index is 2.46. The number of methoxy groups -OCH3 is 1. The van der Waals surface area contributed by atoms with Crippen LogP contribution in [0.4, 0.5) is 0 Å². The van der Waals surface area contributed by atoms with E-state index < -0.39 is 0 Å². The van der Waals surface area contributed by atoms with Gasteiger partial charge in [-0.25, -0.2) is 0 Å². The van der Waals surface area contributed by atoms with Crippen LogP contribution in [-0.2, 0) is 4.74 Å². The molecule has 0 saturated heterocycles. The minimum absolute atomic E-state index is 0.236. The Hall–Kier alpha value is -0.570. The van der Waals surface area contributed by atoms with Gasteiger partial charge in [0.25, 0.3) is 0 Å².